The van der Waals surface area contributed by atoms with E-state index in [9.17, 15) is 0 Å². The molecule has 0 aliphatic heterocycles. The van der Waals surface area contributed by atoms with E-state index in [0.717, 1.165) is 53.9 Å². The van der Waals surface area contributed by atoms with Crippen molar-refractivity contribution in [2.75, 3.05) is 0 Å². The standard InChI is InChI=1S/C32H20BNOS/c33-30-20-28-27-19-29(35-24-14-5-2-6-15-24)25-16-7-8-17-26(25)31(27)34(32(28)36-30)23-13-9-12-22(18-23)21-10-3-1-4-11-21/h1-20H. The number of aromatic nitrogens is 1. The van der Waals surface area contributed by atoms with Crippen LogP contribution in [0.3, 0.4) is 0 Å². The minimum atomic E-state index is 0.800. The fourth-order valence-corrected chi connectivity index (χ4v) is 6.00. The summed E-state index contributed by atoms with van der Waals surface area (Å²) in [6, 6.07) is 41.9. The number of benzene rings is 5. The Kier molecular flexibility index (Phi) is 4.93. The van der Waals surface area contributed by atoms with E-state index in [1.807, 2.05) is 36.4 Å². The molecule has 0 aliphatic carbocycles. The molecule has 36 heavy (non-hydrogen) atoms. The van der Waals surface area contributed by atoms with E-state index in [2.05, 4.69) is 89.5 Å². The summed E-state index contributed by atoms with van der Waals surface area (Å²) in [7, 11) is 6.34. The van der Waals surface area contributed by atoms with E-state index in [-0.39, 0.29) is 0 Å². The predicted octanol–water partition coefficient (Wildman–Crippen LogP) is 8.25. The third-order valence-electron chi connectivity index (χ3n) is 6.61. The van der Waals surface area contributed by atoms with Crippen LogP contribution in [0.5, 0.6) is 11.5 Å². The van der Waals surface area contributed by atoms with E-state index in [1.54, 1.807) is 11.3 Å². The van der Waals surface area contributed by atoms with Crippen LogP contribution in [0.1, 0.15) is 0 Å². The number of hydrogen-bond acceptors (Lipinski definition) is 2. The predicted molar refractivity (Wildman–Crippen MR) is 154 cm³/mol. The van der Waals surface area contributed by atoms with Crippen molar-refractivity contribution in [3.63, 3.8) is 0 Å². The first-order valence-corrected chi connectivity index (χ1v) is 12.7. The molecule has 5 aromatic carbocycles. The molecule has 0 spiro atoms. The quantitative estimate of drug-likeness (QED) is 0.233. The van der Waals surface area contributed by atoms with E-state index >= 15 is 0 Å². The number of nitrogens with zero attached hydrogens (tertiary/aromatic N) is 1. The second-order valence-electron chi connectivity index (χ2n) is 8.85. The lowest BCUT2D eigenvalue weighted by atomic mass is 10.0. The van der Waals surface area contributed by atoms with Gasteiger partial charge in [-0.2, -0.15) is 0 Å². The average Bonchev–Trinajstić information content (AvgIpc) is 3.45. The topological polar surface area (TPSA) is 14.2 Å². The Morgan fingerprint density at radius 1 is 0.583 bits per heavy atom. The molecule has 0 bridgehead atoms. The molecule has 0 fully saturated rings. The lowest BCUT2D eigenvalue weighted by Gasteiger charge is -2.14. The first-order chi connectivity index (χ1) is 17.8. The zero-order valence-electron chi connectivity index (χ0n) is 19.4. The monoisotopic (exact) mass is 477 g/mol. The van der Waals surface area contributed by atoms with Gasteiger partial charge >= 0.3 is 0 Å². The number of para-hydroxylation sites is 1. The van der Waals surface area contributed by atoms with E-state index < -0.39 is 0 Å². The number of hydrogen-bond donors (Lipinski definition) is 0. The van der Waals surface area contributed by atoms with Crippen molar-refractivity contribution in [2.45, 2.75) is 0 Å². The van der Waals surface area contributed by atoms with Crippen LogP contribution in [0.2, 0.25) is 0 Å². The van der Waals surface area contributed by atoms with Gasteiger partial charge in [-0.05, 0) is 52.3 Å². The Morgan fingerprint density at radius 2 is 1.28 bits per heavy atom. The Morgan fingerprint density at radius 3 is 2.08 bits per heavy atom. The van der Waals surface area contributed by atoms with Crippen LogP contribution >= 0.6 is 11.3 Å². The highest BCUT2D eigenvalue weighted by Crippen LogP contribution is 2.43. The number of rotatable bonds is 4. The number of fused-ring (bicyclic) bond motifs is 5. The highest BCUT2D eigenvalue weighted by Gasteiger charge is 2.20. The van der Waals surface area contributed by atoms with Crippen LogP contribution < -0.4 is 9.51 Å². The molecular weight excluding hydrogens is 457 g/mol. The molecule has 4 heteroatoms. The lowest BCUT2D eigenvalue weighted by Crippen LogP contribution is -1.96. The van der Waals surface area contributed by atoms with Gasteiger partial charge in [0, 0.05) is 27.2 Å². The van der Waals surface area contributed by atoms with Crippen molar-refractivity contribution in [2.24, 2.45) is 0 Å². The van der Waals surface area contributed by atoms with Crippen LogP contribution in [0.25, 0.3) is 48.7 Å². The SMILES string of the molecule is [B]c1cc2c3cc(Oc4ccccc4)c4ccccc4c3n(-c3cccc(-c4ccccc4)c3)c2s1. The molecule has 168 valence electrons. The molecule has 0 amide bonds. The molecule has 0 unspecified atom stereocenters. The van der Waals surface area contributed by atoms with E-state index in [1.165, 1.54) is 11.1 Å². The first-order valence-electron chi connectivity index (χ1n) is 11.9. The second kappa shape index (κ2) is 8.44. The molecule has 0 N–H and O–H groups in total. The molecule has 7 aromatic rings. The van der Waals surface area contributed by atoms with Gasteiger partial charge in [0.05, 0.1) is 5.52 Å². The maximum Gasteiger partial charge on any atom is 0.136 e. The van der Waals surface area contributed by atoms with Gasteiger partial charge < -0.3 is 9.30 Å². The van der Waals surface area contributed by atoms with Gasteiger partial charge in [0.2, 0.25) is 0 Å². The van der Waals surface area contributed by atoms with Gasteiger partial charge in [0.25, 0.3) is 0 Å². The summed E-state index contributed by atoms with van der Waals surface area (Å²) in [5.74, 6) is 1.66. The van der Waals surface area contributed by atoms with Gasteiger partial charge in [0.15, 0.2) is 0 Å². The van der Waals surface area contributed by atoms with Crippen LogP contribution in [0, 0.1) is 0 Å². The third kappa shape index (κ3) is 3.42. The van der Waals surface area contributed by atoms with Gasteiger partial charge in [-0.25, -0.2) is 0 Å². The molecule has 0 saturated heterocycles. The second-order valence-corrected chi connectivity index (χ2v) is 9.91. The van der Waals surface area contributed by atoms with Crippen LogP contribution in [0.4, 0.5) is 0 Å². The van der Waals surface area contributed by atoms with Crippen molar-refractivity contribution in [1.29, 1.82) is 0 Å². The molecule has 0 aliphatic rings. The summed E-state index contributed by atoms with van der Waals surface area (Å²) < 4.78 is 9.56. The summed E-state index contributed by atoms with van der Waals surface area (Å²) in [5, 5.41) is 4.49. The molecule has 7 rings (SSSR count). The molecule has 0 saturated carbocycles. The largest absolute Gasteiger partial charge is 0.457 e. The summed E-state index contributed by atoms with van der Waals surface area (Å²) in [6.45, 7) is 0. The van der Waals surface area contributed by atoms with Crippen molar-refractivity contribution in [3.05, 3.63) is 121 Å². The number of thiophene rings is 1. The fraction of sp³-hybridized carbons (Fsp3) is 0. The fourth-order valence-electron chi connectivity index (χ4n) is 5.04. The highest BCUT2D eigenvalue weighted by atomic mass is 32.1. The maximum absolute atomic E-state index is 6.41. The number of ether oxygens (including phenoxy) is 1. The van der Waals surface area contributed by atoms with Crippen molar-refractivity contribution in [1.82, 2.24) is 4.57 Å². The molecule has 2 radical (unpaired) electrons. The Bertz CT molecular complexity index is 1870. The zero-order valence-corrected chi connectivity index (χ0v) is 20.2. The molecular formula is C32H20BNOS. The van der Waals surface area contributed by atoms with Crippen molar-refractivity contribution in [3.8, 4) is 28.3 Å². The Hall–Kier alpha value is -4.28. The van der Waals surface area contributed by atoms with Gasteiger partial charge in [-0.3, -0.25) is 0 Å². The van der Waals surface area contributed by atoms with Gasteiger partial charge in [-0.1, -0.05) is 84.9 Å². The summed E-state index contributed by atoms with van der Waals surface area (Å²) in [4.78, 5) is 1.13. The molecule has 2 heterocycles. The van der Waals surface area contributed by atoms with Crippen molar-refractivity contribution >= 4 is 55.9 Å². The maximum atomic E-state index is 6.41. The van der Waals surface area contributed by atoms with Crippen LogP contribution in [-0.4, -0.2) is 12.4 Å². The normalized spacial score (nSPS) is 11.4. The van der Waals surface area contributed by atoms with Crippen LogP contribution in [-0.2, 0) is 0 Å². The first kappa shape index (κ1) is 21.0. The minimum absolute atomic E-state index is 0.800. The Balaban J connectivity index is 1.54. The molecule has 0 atom stereocenters. The van der Waals surface area contributed by atoms with Crippen molar-refractivity contribution < 1.29 is 4.74 Å². The lowest BCUT2D eigenvalue weighted by molar-refractivity contribution is 0.489. The van der Waals surface area contributed by atoms with E-state index in [4.69, 9.17) is 12.6 Å². The van der Waals surface area contributed by atoms with Gasteiger partial charge in [-0.15, -0.1) is 11.3 Å². The summed E-state index contributed by atoms with van der Waals surface area (Å²) in [5.41, 5.74) is 4.65. The highest BCUT2D eigenvalue weighted by molar-refractivity contribution is 7.26. The summed E-state index contributed by atoms with van der Waals surface area (Å²) >= 11 is 1.62. The van der Waals surface area contributed by atoms with Gasteiger partial charge in [0.1, 0.15) is 24.2 Å². The third-order valence-corrected chi connectivity index (χ3v) is 7.56. The average molecular weight is 477 g/mol. The van der Waals surface area contributed by atoms with Crippen LogP contribution in [0.15, 0.2) is 121 Å². The Labute approximate surface area is 214 Å². The minimum Gasteiger partial charge on any atom is -0.457 e. The van der Waals surface area contributed by atoms with E-state index in [0.29, 0.717) is 0 Å². The molecule has 2 aromatic heterocycles. The zero-order chi connectivity index (χ0) is 24.1. The smallest absolute Gasteiger partial charge is 0.136 e. The molecule has 2 nitrogen and oxygen atoms in total. The summed E-state index contributed by atoms with van der Waals surface area (Å²) in [6.07, 6.45) is 0.